The monoisotopic (exact) mass is 345 g/mol. The van der Waals surface area contributed by atoms with Gasteiger partial charge < -0.3 is 15.7 Å². The quantitative estimate of drug-likeness (QED) is 0.705. The predicted molar refractivity (Wildman–Crippen MR) is 95.7 cm³/mol. The number of urea groups is 1. The summed E-state index contributed by atoms with van der Waals surface area (Å²) < 4.78 is 0. The molecular formula is C19H27N3O3. The summed E-state index contributed by atoms with van der Waals surface area (Å²) in [7, 11) is 0. The van der Waals surface area contributed by atoms with Crippen molar-refractivity contribution in [1.29, 1.82) is 0 Å². The molecular weight excluding hydrogens is 318 g/mol. The number of fused-ring (bicyclic) bond motifs is 1. The van der Waals surface area contributed by atoms with Crippen LogP contribution in [0.3, 0.4) is 0 Å². The Labute approximate surface area is 148 Å². The zero-order valence-electron chi connectivity index (χ0n) is 14.7. The summed E-state index contributed by atoms with van der Waals surface area (Å²) in [5, 5.41) is 14.9. The molecule has 2 aliphatic carbocycles. The highest BCUT2D eigenvalue weighted by Crippen LogP contribution is 2.32. The summed E-state index contributed by atoms with van der Waals surface area (Å²) >= 11 is 0. The summed E-state index contributed by atoms with van der Waals surface area (Å²) in [6.07, 6.45) is 3.82. The Hall–Kier alpha value is -2.08. The van der Waals surface area contributed by atoms with E-state index in [9.17, 15) is 9.59 Å². The Morgan fingerprint density at radius 1 is 1.28 bits per heavy atom. The Morgan fingerprint density at radius 2 is 2.04 bits per heavy atom. The van der Waals surface area contributed by atoms with Gasteiger partial charge in [-0.2, -0.15) is 0 Å². The number of nitrogens with one attached hydrogen (secondary N) is 2. The van der Waals surface area contributed by atoms with Crippen LogP contribution in [0.1, 0.15) is 43.2 Å². The third-order valence-electron chi connectivity index (χ3n) is 5.48. The van der Waals surface area contributed by atoms with Crippen molar-refractivity contribution < 1.29 is 14.7 Å². The molecule has 0 aromatic heterocycles. The van der Waals surface area contributed by atoms with E-state index in [2.05, 4.69) is 34.9 Å². The van der Waals surface area contributed by atoms with Crippen molar-refractivity contribution in [2.45, 2.75) is 50.6 Å². The van der Waals surface area contributed by atoms with Crippen LogP contribution in [0.25, 0.3) is 0 Å². The van der Waals surface area contributed by atoms with E-state index < -0.39 is 5.97 Å². The molecule has 1 fully saturated rings. The number of amides is 2. The third-order valence-corrected chi connectivity index (χ3v) is 5.48. The minimum absolute atomic E-state index is 0.0706. The first-order chi connectivity index (χ1) is 12.1. The molecule has 1 aromatic carbocycles. The molecule has 0 saturated heterocycles. The summed E-state index contributed by atoms with van der Waals surface area (Å²) in [6, 6.07) is 8.73. The number of aryl methyl sites for hydroxylation is 1. The number of likely N-dealkylation sites (N-methyl/N-ethyl adjacent to an activating group) is 1. The minimum atomic E-state index is -0.798. The number of aliphatic carboxylic acids is 1. The van der Waals surface area contributed by atoms with Crippen LogP contribution in [0.5, 0.6) is 0 Å². The molecule has 6 heteroatoms. The van der Waals surface area contributed by atoms with Crippen LogP contribution in [0.15, 0.2) is 24.3 Å². The molecule has 6 nitrogen and oxygen atoms in total. The van der Waals surface area contributed by atoms with Gasteiger partial charge in [0.2, 0.25) is 0 Å². The molecule has 25 heavy (non-hydrogen) atoms. The van der Waals surface area contributed by atoms with Gasteiger partial charge in [0.15, 0.2) is 0 Å². The van der Waals surface area contributed by atoms with Crippen molar-refractivity contribution in [2.24, 2.45) is 0 Å². The Bertz CT molecular complexity index is 628. The Morgan fingerprint density at radius 3 is 2.76 bits per heavy atom. The van der Waals surface area contributed by atoms with Gasteiger partial charge in [-0.25, -0.2) is 4.79 Å². The molecule has 0 heterocycles. The van der Waals surface area contributed by atoms with E-state index in [4.69, 9.17) is 5.11 Å². The number of carboxylic acids is 1. The van der Waals surface area contributed by atoms with Crippen LogP contribution in [-0.2, 0) is 11.2 Å². The van der Waals surface area contributed by atoms with Gasteiger partial charge in [0.1, 0.15) is 0 Å². The largest absolute Gasteiger partial charge is 0.480 e. The van der Waals surface area contributed by atoms with Crippen molar-refractivity contribution in [2.75, 3.05) is 19.6 Å². The highest BCUT2D eigenvalue weighted by atomic mass is 16.4. The summed E-state index contributed by atoms with van der Waals surface area (Å²) in [5.74, 6) is -0.393. The zero-order valence-corrected chi connectivity index (χ0v) is 14.7. The van der Waals surface area contributed by atoms with Crippen molar-refractivity contribution in [3.63, 3.8) is 0 Å². The van der Waals surface area contributed by atoms with E-state index in [0.717, 1.165) is 32.2 Å². The lowest BCUT2D eigenvalue weighted by Gasteiger charge is -2.42. The van der Waals surface area contributed by atoms with Crippen LogP contribution in [0.2, 0.25) is 0 Å². The Kier molecular flexibility index (Phi) is 5.58. The topological polar surface area (TPSA) is 81.7 Å². The van der Waals surface area contributed by atoms with Crippen LogP contribution in [0.4, 0.5) is 4.79 Å². The summed E-state index contributed by atoms with van der Waals surface area (Å²) in [6.45, 7) is 3.42. The number of rotatable bonds is 7. The number of carbonyl (C=O) groups excluding carboxylic acids is 1. The van der Waals surface area contributed by atoms with Crippen molar-refractivity contribution in [3.8, 4) is 0 Å². The zero-order chi connectivity index (χ0) is 17.8. The second kappa shape index (κ2) is 7.87. The van der Waals surface area contributed by atoms with Gasteiger partial charge in [0, 0.05) is 24.5 Å². The van der Waals surface area contributed by atoms with Gasteiger partial charge in [-0.15, -0.1) is 0 Å². The van der Waals surface area contributed by atoms with Crippen LogP contribution < -0.4 is 10.6 Å². The molecule has 2 amide bonds. The highest BCUT2D eigenvalue weighted by Gasteiger charge is 2.34. The van der Waals surface area contributed by atoms with Gasteiger partial charge in [-0.3, -0.25) is 9.69 Å². The fraction of sp³-hybridized carbons (Fsp3) is 0.579. The van der Waals surface area contributed by atoms with Crippen LogP contribution in [-0.4, -0.2) is 53.7 Å². The molecule has 136 valence electrons. The minimum Gasteiger partial charge on any atom is -0.480 e. The lowest BCUT2D eigenvalue weighted by Crippen LogP contribution is -2.56. The average Bonchev–Trinajstić information content (AvgIpc) is 2.97. The molecule has 3 rings (SSSR count). The molecule has 0 spiro atoms. The summed E-state index contributed by atoms with van der Waals surface area (Å²) in [5.41, 5.74) is 2.76. The van der Waals surface area contributed by atoms with Crippen LogP contribution >= 0.6 is 0 Å². The molecule has 1 saturated carbocycles. The van der Waals surface area contributed by atoms with E-state index in [-0.39, 0.29) is 24.7 Å². The maximum atomic E-state index is 12.1. The van der Waals surface area contributed by atoms with E-state index in [1.54, 1.807) is 0 Å². The molecule has 2 aliphatic rings. The smallest absolute Gasteiger partial charge is 0.317 e. The molecule has 1 unspecified atom stereocenters. The first-order valence-corrected chi connectivity index (χ1v) is 9.14. The lowest BCUT2D eigenvalue weighted by atomic mass is 9.85. The SMILES string of the molecule is CCN(CC(=O)O)C1CC(NC(=O)NCC2CCc3ccccc32)C1. The standard InChI is InChI=1S/C19H27N3O3/c1-2-22(12-18(23)24)16-9-15(10-16)21-19(25)20-11-14-8-7-13-5-3-4-6-17(13)14/h3-6,14-16H,2,7-12H2,1H3,(H,23,24)(H2,20,21,25). The predicted octanol–water partition coefficient (Wildman–Crippen LogP) is 1.95. The number of nitrogens with zero attached hydrogens (tertiary/aromatic N) is 1. The number of benzene rings is 1. The average molecular weight is 345 g/mol. The Balaban J connectivity index is 1.38. The van der Waals surface area contributed by atoms with Gasteiger partial charge in [-0.1, -0.05) is 31.2 Å². The molecule has 1 atom stereocenters. The maximum Gasteiger partial charge on any atom is 0.317 e. The summed E-state index contributed by atoms with van der Waals surface area (Å²) in [4.78, 5) is 24.9. The van der Waals surface area contributed by atoms with E-state index in [0.29, 0.717) is 12.5 Å². The molecule has 0 aliphatic heterocycles. The van der Waals surface area contributed by atoms with Crippen molar-refractivity contribution in [1.82, 2.24) is 15.5 Å². The van der Waals surface area contributed by atoms with Crippen molar-refractivity contribution in [3.05, 3.63) is 35.4 Å². The molecule has 0 bridgehead atoms. The molecule has 3 N–H and O–H groups in total. The number of carboxylic acid groups (broad SMARTS) is 1. The normalized spacial score (nSPS) is 24.5. The van der Waals surface area contributed by atoms with Crippen molar-refractivity contribution >= 4 is 12.0 Å². The highest BCUT2D eigenvalue weighted by molar-refractivity contribution is 5.74. The number of carbonyl (C=O) groups is 2. The molecule has 0 radical (unpaired) electrons. The number of hydrogen-bond donors (Lipinski definition) is 3. The first-order valence-electron chi connectivity index (χ1n) is 9.14. The maximum absolute atomic E-state index is 12.1. The van der Waals surface area contributed by atoms with Gasteiger partial charge >= 0.3 is 12.0 Å². The van der Waals surface area contributed by atoms with E-state index in [1.165, 1.54) is 11.1 Å². The van der Waals surface area contributed by atoms with Gasteiger partial charge in [0.25, 0.3) is 0 Å². The third kappa shape index (κ3) is 4.31. The fourth-order valence-corrected chi connectivity index (χ4v) is 3.99. The van der Waals surface area contributed by atoms with E-state index in [1.807, 2.05) is 11.8 Å². The fourth-order valence-electron chi connectivity index (χ4n) is 3.99. The van der Waals surface area contributed by atoms with Crippen LogP contribution in [0, 0.1) is 0 Å². The first kappa shape index (κ1) is 17.7. The molecule has 1 aromatic rings. The number of hydrogen-bond acceptors (Lipinski definition) is 3. The van der Waals surface area contributed by atoms with E-state index >= 15 is 0 Å². The lowest BCUT2D eigenvalue weighted by molar-refractivity contribution is -0.139. The van der Waals surface area contributed by atoms with Gasteiger partial charge in [-0.05, 0) is 43.4 Å². The second-order valence-electron chi connectivity index (χ2n) is 7.07. The second-order valence-corrected chi connectivity index (χ2v) is 7.07. The van der Waals surface area contributed by atoms with Gasteiger partial charge in [0.05, 0.1) is 6.54 Å².